The van der Waals surface area contributed by atoms with Gasteiger partial charge in [0.2, 0.25) is 0 Å². The zero-order valence-electron chi connectivity index (χ0n) is 35.8. The van der Waals surface area contributed by atoms with E-state index in [1.807, 2.05) is 27.0 Å². The third-order valence-corrected chi connectivity index (χ3v) is 12.5. The second kappa shape index (κ2) is 17.3. The van der Waals surface area contributed by atoms with Crippen molar-refractivity contribution < 1.29 is 48.7 Å². The molecule has 0 radical (unpaired) electrons. The zero-order valence-corrected chi connectivity index (χ0v) is 35.8. The van der Waals surface area contributed by atoms with Crippen molar-refractivity contribution in [2.24, 2.45) is 33.7 Å². The van der Waals surface area contributed by atoms with E-state index in [0.717, 1.165) is 0 Å². The summed E-state index contributed by atoms with van der Waals surface area (Å²) >= 11 is 0. The SMILES string of the molecule is C=C[C@@H]1[C@H](O)[C@H](C=C)C[C@@H](C)/C=C/C=C(/C)C(=O)N=c2c(O)c3c(O)c(C)c4c(c3c3c2=NC2(CCN(C)CC2)N3)C(=O)[C@@](CC)(O/C=C/[C@H](OC)[C@@H](C)[C@H]1OC(C)=O)O4. The molecule has 0 saturated carbocycles. The van der Waals surface area contributed by atoms with Crippen molar-refractivity contribution in [3.63, 3.8) is 0 Å². The number of aliphatic hydroxyl groups is 1. The highest BCUT2D eigenvalue weighted by atomic mass is 16.7. The molecule has 1 amide bonds. The van der Waals surface area contributed by atoms with Gasteiger partial charge in [0.25, 0.3) is 11.7 Å². The average molecular weight is 827 g/mol. The number of fused-ring (bicyclic) bond motifs is 13. The van der Waals surface area contributed by atoms with Crippen LogP contribution in [0.15, 0.2) is 71.4 Å². The number of aromatic hydroxyl groups is 2. The number of ether oxygens (including phenoxy) is 4. The van der Waals surface area contributed by atoms with Gasteiger partial charge in [-0.2, -0.15) is 0 Å². The molecular weight excluding hydrogens is 769 g/mol. The molecule has 1 spiro atoms. The van der Waals surface area contributed by atoms with Gasteiger partial charge in [-0.1, -0.05) is 51.2 Å². The third-order valence-electron chi connectivity index (χ3n) is 12.5. The van der Waals surface area contributed by atoms with E-state index < -0.39 is 70.9 Å². The lowest BCUT2D eigenvalue weighted by Gasteiger charge is -2.37. The Morgan fingerprint density at radius 3 is 2.40 bits per heavy atom. The predicted octanol–water partition coefficient (Wildman–Crippen LogP) is 5.47. The number of esters is 1. The van der Waals surface area contributed by atoms with Crippen LogP contribution in [-0.2, 0) is 23.8 Å². The number of phenols is 2. The molecule has 0 aromatic heterocycles. The van der Waals surface area contributed by atoms with Gasteiger partial charge in [0.05, 0.1) is 35.1 Å². The van der Waals surface area contributed by atoms with Gasteiger partial charge in [-0.3, -0.25) is 19.4 Å². The van der Waals surface area contributed by atoms with Crippen LogP contribution in [0, 0.1) is 30.6 Å². The molecule has 5 aliphatic heterocycles. The van der Waals surface area contributed by atoms with Gasteiger partial charge >= 0.3 is 11.8 Å². The van der Waals surface area contributed by atoms with Crippen molar-refractivity contribution in [3.05, 3.63) is 83.3 Å². The monoisotopic (exact) mass is 826 g/mol. The van der Waals surface area contributed by atoms with Gasteiger partial charge in [0, 0.05) is 80.7 Å². The van der Waals surface area contributed by atoms with Gasteiger partial charge in [-0.25, -0.2) is 4.99 Å². The van der Waals surface area contributed by atoms with Gasteiger partial charge in [0.1, 0.15) is 34.0 Å². The molecule has 2 aromatic carbocycles. The number of benzene rings is 2. The van der Waals surface area contributed by atoms with Gasteiger partial charge in [-0.15, -0.1) is 13.2 Å². The summed E-state index contributed by atoms with van der Waals surface area (Å²) < 4.78 is 24.4. The van der Waals surface area contributed by atoms with Crippen LogP contribution >= 0.6 is 0 Å². The quantitative estimate of drug-likeness (QED) is 0.169. The fourth-order valence-electron chi connectivity index (χ4n) is 8.86. The number of nitrogens with zero attached hydrogens (tertiary/aromatic N) is 3. The van der Waals surface area contributed by atoms with Crippen LogP contribution in [0.25, 0.3) is 10.8 Å². The molecular formula is C46H58N4O10. The first-order valence-electron chi connectivity index (χ1n) is 20.6. The lowest BCUT2D eigenvalue weighted by atomic mass is 9.78. The van der Waals surface area contributed by atoms with Crippen molar-refractivity contribution in [3.8, 4) is 17.2 Å². The van der Waals surface area contributed by atoms with E-state index in [2.05, 4.69) is 28.4 Å². The van der Waals surface area contributed by atoms with E-state index in [4.69, 9.17) is 23.9 Å². The number of methoxy groups -OCH3 is 1. The van der Waals surface area contributed by atoms with Crippen LogP contribution in [0.4, 0.5) is 5.69 Å². The molecule has 8 atom stereocenters. The number of carbonyl (C=O) groups excluding carboxylic acids is 3. The van der Waals surface area contributed by atoms with E-state index in [0.29, 0.717) is 38.0 Å². The van der Waals surface area contributed by atoms with Crippen LogP contribution < -0.4 is 20.8 Å². The summed E-state index contributed by atoms with van der Waals surface area (Å²) in [4.78, 5) is 52.9. The predicted molar refractivity (Wildman–Crippen MR) is 226 cm³/mol. The largest absolute Gasteiger partial charge is 0.507 e. The molecule has 322 valence electrons. The van der Waals surface area contributed by atoms with Crippen LogP contribution in [0.1, 0.15) is 76.2 Å². The fraction of sp³-hybridized carbons (Fsp3) is 0.500. The molecule has 5 bridgehead atoms. The molecule has 14 heteroatoms. The molecule has 0 unspecified atom stereocenters. The summed E-state index contributed by atoms with van der Waals surface area (Å²) in [6.07, 6.45) is 10.3. The van der Waals surface area contributed by atoms with Crippen molar-refractivity contribution in [2.75, 3.05) is 32.6 Å². The standard InChI is InChI=1S/C46H58N4O10/c1-11-29-23-24(4)15-14-16-25(5)44(56)47-37-36-35(48-45(49-36)18-20-50(9)21-19-45)32-33(40(37)54)38(52)27(7)42-34(32)43(55)46(13-3,60-42)58-22-17-31(57-10)26(6)41(59-28(8)51)30(12-2)39(29)53/h11-12,14-17,22,24,26,29-31,39,41,48,52-54H,1-2,13,18-21,23H2,3-10H3/b15-14+,22-17+,25-16-,47-37?/t24-,26+,29+,30+,31-,39+,41+,46-/m0/s1. The molecule has 14 nitrogen and oxygen atoms in total. The van der Waals surface area contributed by atoms with Crippen LogP contribution in [0.3, 0.4) is 0 Å². The van der Waals surface area contributed by atoms with Gasteiger partial charge in [-0.05, 0) is 39.3 Å². The average Bonchev–Trinajstić information content (AvgIpc) is 3.74. The Morgan fingerprint density at radius 2 is 1.78 bits per heavy atom. The minimum absolute atomic E-state index is 0.0339. The van der Waals surface area contributed by atoms with Crippen LogP contribution in [0.5, 0.6) is 17.2 Å². The number of carbonyl (C=O) groups is 3. The molecule has 5 aliphatic rings. The first-order valence-corrected chi connectivity index (χ1v) is 20.6. The summed E-state index contributed by atoms with van der Waals surface area (Å²) in [5, 5.41) is 39.4. The van der Waals surface area contributed by atoms with Crippen molar-refractivity contribution in [1.29, 1.82) is 0 Å². The highest BCUT2D eigenvalue weighted by Crippen LogP contribution is 2.52. The maximum absolute atomic E-state index is 14.9. The zero-order chi connectivity index (χ0) is 43.8. The third kappa shape index (κ3) is 7.88. The van der Waals surface area contributed by atoms with E-state index in [9.17, 15) is 29.7 Å². The Balaban J connectivity index is 1.59. The Bertz CT molecular complexity index is 2310. The maximum atomic E-state index is 14.9. The number of allylic oxidation sites excluding steroid dienone is 3. The minimum atomic E-state index is -1.90. The number of hydrogen-bond donors (Lipinski definition) is 4. The van der Waals surface area contributed by atoms with Gasteiger partial charge < -0.3 is 44.5 Å². The lowest BCUT2D eigenvalue weighted by Crippen LogP contribution is -2.45. The number of rotatable bonds is 5. The Labute approximate surface area is 350 Å². The maximum Gasteiger partial charge on any atom is 0.315 e. The first kappa shape index (κ1) is 44.2. The van der Waals surface area contributed by atoms with Gasteiger partial charge in [0.15, 0.2) is 5.75 Å². The minimum Gasteiger partial charge on any atom is -0.507 e. The molecule has 60 heavy (non-hydrogen) atoms. The molecule has 1 fully saturated rings. The summed E-state index contributed by atoms with van der Waals surface area (Å²) in [7, 11) is 3.50. The highest BCUT2D eigenvalue weighted by molar-refractivity contribution is 6.22. The summed E-state index contributed by atoms with van der Waals surface area (Å²) in [6, 6.07) is 0. The number of aliphatic hydroxyl groups excluding tert-OH is 1. The van der Waals surface area contributed by atoms with E-state index in [1.165, 1.54) is 20.3 Å². The first-order chi connectivity index (χ1) is 28.5. The number of anilines is 1. The Hall–Kier alpha value is -5.31. The number of likely N-dealkylation sites (tertiary alicyclic amines) is 1. The Kier molecular flexibility index (Phi) is 12.8. The van der Waals surface area contributed by atoms with E-state index in [-0.39, 0.29) is 62.0 Å². The molecule has 5 heterocycles. The number of nitrogens with one attached hydrogen (secondary N) is 1. The number of hydrogen-bond acceptors (Lipinski definition) is 13. The van der Waals surface area contributed by atoms with Crippen molar-refractivity contribution in [1.82, 2.24) is 4.90 Å². The number of phenolic OH excluding ortho intramolecular Hbond substituents is 2. The lowest BCUT2D eigenvalue weighted by molar-refractivity contribution is -0.157. The van der Waals surface area contributed by atoms with Crippen LogP contribution in [-0.4, -0.2) is 94.9 Å². The van der Waals surface area contributed by atoms with E-state index in [1.54, 1.807) is 51.2 Å². The number of piperidine rings is 1. The summed E-state index contributed by atoms with van der Waals surface area (Å²) in [5.74, 6) is -6.32. The molecule has 0 aliphatic carbocycles. The molecule has 2 aromatic rings. The van der Waals surface area contributed by atoms with Crippen molar-refractivity contribution >= 4 is 34.1 Å². The van der Waals surface area contributed by atoms with E-state index >= 15 is 0 Å². The second-order valence-corrected chi connectivity index (χ2v) is 16.6. The number of amides is 1. The van der Waals surface area contributed by atoms with Crippen LogP contribution in [0.2, 0.25) is 0 Å². The number of Topliss-reactive ketones (excluding diaryl/α,β-unsaturated/α-hetero) is 1. The fourth-order valence-corrected chi connectivity index (χ4v) is 8.86. The molecule has 7 rings (SSSR count). The molecule has 1 saturated heterocycles. The normalized spacial score (nSPS) is 31.5. The summed E-state index contributed by atoms with van der Waals surface area (Å²) in [6.45, 7) is 19.4. The second-order valence-electron chi connectivity index (χ2n) is 16.6. The van der Waals surface area contributed by atoms with Crippen molar-refractivity contribution in [2.45, 2.75) is 97.0 Å². The summed E-state index contributed by atoms with van der Waals surface area (Å²) in [5.41, 5.74) is 0.0178. The smallest absolute Gasteiger partial charge is 0.315 e. The molecule has 4 N–H and O–H groups in total. The highest BCUT2D eigenvalue weighted by Gasteiger charge is 2.52. The number of ketones is 1. The topological polar surface area (TPSA) is 189 Å². The Morgan fingerprint density at radius 1 is 1.08 bits per heavy atom.